The van der Waals surface area contributed by atoms with Gasteiger partial charge in [-0.15, -0.1) is 0 Å². The summed E-state index contributed by atoms with van der Waals surface area (Å²) in [5.41, 5.74) is 3.77. The molecular formula is C14H14BrNO. The third kappa shape index (κ3) is 2.73. The van der Waals surface area contributed by atoms with E-state index in [1.54, 1.807) is 6.20 Å². The van der Waals surface area contributed by atoms with Crippen molar-refractivity contribution in [2.75, 3.05) is 0 Å². The SMILES string of the molecule is Cc1ccc(C(O)c2ccc(Br)c(C)c2)cn1. The lowest BCUT2D eigenvalue weighted by atomic mass is 10.0. The van der Waals surface area contributed by atoms with Crippen LogP contribution in [0.1, 0.15) is 28.5 Å². The number of nitrogens with zero attached hydrogens (tertiary/aromatic N) is 1. The van der Waals surface area contributed by atoms with Gasteiger partial charge in [0.15, 0.2) is 0 Å². The summed E-state index contributed by atoms with van der Waals surface area (Å²) in [6, 6.07) is 9.67. The zero-order chi connectivity index (χ0) is 12.4. The predicted molar refractivity (Wildman–Crippen MR) is 71.9 cm³/mol. The molecule has 0 aliphatic rings. The molecular weight excluding hydrogens is 278 g/mol. The van der Waals surface area contributed by atoms with Gasteiger partial charge in [0.05, 0.1) is 0 Å². The summed E-state index contributed by atoms with van der Waals surface area (Å²) in [5.74, 6) is 0. The Hall–Kier alpha value is -1.19. The molecule has 1 atom stereocenters. The van der Waals surface area contributed by atoms with E-state index >= 15 is 0 Å². The Labute approximate surface area is 109 Å². The zero-order valence-corrected chi connectivity index (χ0v) is 11.4. The van der Waals surface area contributed by atoms with Crippen molar-refractivity contribution in [3.8, 4) is 0 Å². The Morgan fingerprint density at radius 3 is 2.41 bits per heavy atom. The molecule has 0 spiro atoms. The highest BCUT2D eigenvalue weighted by molar-refractivity contribution is 9.10. The predicted octanol–water partition coefficient (Wildman–Crippen LogP) is 3.54. The Morgan fingerprint density at radius 1 is 1.12 bits per heavy atom. The molecule has 1 N–H and O–H groups in total. The van der Waals surface area contributed by atoms with Gasteiger partial charge in [0.1, 0.15) is 6.10 Å². The van der Waals surface area contributed by atoms with Crippen LogP contribution in [0.25, 0.3) is 0 Å². The maximum Gasteiger partial charge on any atom is 0.106 e. The van der Waals surface area contributed by atoms with Gasteiger partial charge in [0.2, 0.25) is 0 Å². The number of aryl methyl sites for hydroxylation is 2. The number of pyridine rings is 1. The molecule has 0 fully saturated rings. The van der Waals surface area contributed by atoms with Gasteiger partial charge in [-0.2, -0.15) is 0 Å². The second kappa shape index (κ2) is 4.98. The molecule has 0 aliphatic heterocycles. The van der Waals surface area contributed by atoms with E-state index in [4.69, 9.17) is 0 Å². The van der Waals surface area contributed by atoms with Gasteiger partial charge in [0.25, 0.3) is 0 Å². The molecule has 2 aromatic rings. The van der Waals surface area contributed by atoms with Gasteiger partial charge in [-0.25, -0.2) is 0 Å². The molecule has 0 amide bonds. The number of aromatic nitrogens is 1. The molecule has 88 valence electrons. The highest BCUT2D eigenvalue weighted by Gasteiger charge is 2.11. The fourth-order valence-electron chi connectivity index (χ4n) is 1.67. The summed E-state index contributed by atoms with van der Waals surface area (Å²) in [4.78, 5) is 4.20. The van der Waals surface area contributed by atoms with Crippen molar-refractivity contribution in [1.82, 2.24) is 4.98 Å². The van der Waals surface area contributed by atoms with E-state index in [-0.39, 0.29) is 0 Å². The van der Waals surface area contributed by atoms with Crippen molar-refractivity contribution in [3.05, 3.63) is 63.4 Å². The average molecular weight is 292 g/mol. The minimum absolute atomic E-state index is 0.616. The first-order valence-corrected chi connectivity index (χ1v) is 6.24. The van der Waals surface area contributed by atoms with E-state index in [9.17, 15) is 5.11 Å². The Kier molecular flexibility index (Phi) is 3.60. The topological polar surface area (TPSA) is 33.1 Å². The van der Waals surface area contributed by atoms with Crippen LogP contribution in [0.3, 0.4) is 0 Å². The van der Waals surface area contributed by atoms with Gasteiger partial charge < -0.3 is 5.11 Å². The van der Waals surface area contributed by atoms with E-state index in [1.165, 1.54) is 0 Å². The number of hydrogen-bond acceptors (Lipinski definition) is 2. The molecule has 0 saturated carbocycles. The molecule has 0 radical (unpaired) electrons. The largest absolute Gasteiger partial charge is 0.384 e. The van der Waals surface area contributed by atoms with E-state index in [1.807, 2.05) is 44.2 Å². The van der Waals surface area contributed by atoms with Gasteiger partial charge >= 0.3 is 0 Å². The Bertz CT molecular complexity index is 522. The molecule has 2 rings (SSSR count). The summed E-state index contributed by atoms with van der Waals surface area (Å²) in [7, 11) is 0. The standard InChI is InChI=1S/C14H14BrNO/c1-9-7-11(5-6-13(9)15)14(17)12-4-3-10(2)16-8-12/h3-8,14,17H,1-2H3. The molecule has 17 heavy (non-hydrogen) atoms. The molecule has 3 heteroatoms. The monoisotopic (exact) mass is 291 g/mol. The van der Waals surface area contributed by atoms with Crippen molar-refractivity contribution < 1.29 is 5.11 Å². The zero-order valence-electron chi connectivity index (χ0n) is 9.81. The van der Waals surface area contributed by atoms with Crippen molar-refractivity contribution in [2.45, 2.75) is 20.0 Å². The van der Waals surface area contributed by atoms with Gasteiger partial charge in [0, 0.05) is 21.9 Å². The number of aliphatic hydroxyl groups excluding tert-OH is 1. The van der Waals surface area contributed by atoms with Crippen molar-refractivity contribution in [1.29, 1.82) is 0 Å². The van der Waals surface area contributed by atoms with E-state index in [0.717, 1.165) is 26.9 Å². The van der Waals surface area contributed by atoms with Crippen LogP contribution in [0.15, 0.2) is 41.0 Å². The lowest BCUT2D eigenvalue weighted by Gasteiger charge is -2.12. The van der Waals surface area contributed by atoms with E-state index in [2.05, 4.69) is 20.9 Å². The molecule has 0 saturated heterocycles. The first kappa shape index (κ1) is 12.3. The van der Waals surface area contributed by atoms with E-state index in [0.29, 0.717) is 0 Å². The smallest absolute Gasteiger partial charge is 0.106 e. The second-order valence-corrected chi connectivity index (χ2v) is 5.00. The molecule has 0 bridgehead atoms. The van der Waals surface area contributed by atoms with Gasteiger partial charge in [-0.1, -0.05) is 34.1 Å². The number of rotatable bonds is 2. The quantitative estimate of drug-likeness (QED) is 0.918. The van der Waals surface area contributed by atoms with Gasteiger partial charge in [-0.05, 0) is 37.1 Å². The van der Waals surface area contributed by atoms with Crippen LogP contribution in [-0.4, -0.2) is 10.1 Å². The van der Waals surface area contributed by atoms with Crippen LogP contribution in [0.5, 0.6) is 0 Å². The molecule has 1 aromatic carbocycles. The number of halogens is 1. The Balaban J connectivity index is 2.33. The highest BCUT2D eigenvalue weighted by Crippen LogP contribution is 2.25. The third-order valence-electron chi connectivity index (χ3n) is 2.75. The number of hydrogen-bond donors (Lipinski definition) is 1. The summed E-state index contributed by atoms with van der Waals surface area (Å²) in [6.07, 6.45) is 1.10. The normalized spacial score (nSPS) is 12.5. The Morgan fingerprint density at radius 2 is 1.82 bits per heavy atom. The lowest BCUT2D eigenvalue weighted by Crippen LogP contribution is -2.01. The summed E-state index contributed by atoms with van der Waals surface area (Å²) >= 11 is 3.45. The highest BCUT2D eigenvalue weighted by atomic mass is 79.9. The molecule has 1 unspecified atom stereocenters. The fourth-order valence-corrected chi connectivity index (χ4v) is 1.92. The van der Waals surface area contributed by atoms with Crippen molar-refractivity contribution >= 4 is 15.9 Å². The van der Waals surface area contributed by atoms with Crippen LogP contribution < -0.4 is 0 Å². The van der Waals surface area contributed by atoms with Crippen LogP contribution >= 0.6 is 15.9 Å². The van der Waals surface area contributed by atoms with Crippen LogP contribution in [0, 0.1) is 13.8 Å². The molecule has 1 heterocycles. The second-order valence-electron chi connectivity index (χ2n) is 4.14. The first-order valence-electron chi connectivity index (χ1n) is 5.44. The average Bonchev–Trinajstić information content (AvgIpc) is 2.33. The van der Waals surface area contributed by atoms with Gasteiger partial charge in [-0.3, -0.25) is 4.98 Å². The van der Waals surface area contributed by atoms with Crippen molar-refractivity contribution in [3.63, 3.8) is 0 Å². The van der Waals surface area contributed by atoms with Crippen LogP contribution in [0.4, 0.5) is 0 Å². The van der Waals surface area contributed by atoms with Crippen LogP contribution in [0.2, 0.25) is 0 Å². The minimum atomic E-state index is -0.616. The summed E-state index contributed by atoms with van der Waals surface area (Å²) in [6.45, 7) is 3.94. The summed E-state index contributed by atoms with van der Waals surface area (Å²) < 4.78 is 1.05. The lowest BCUT2D eigenvalue weighted by molar-refractivity contribution is 0.220. The van der Waals surface area contributed by atoms with Crippen LogP contribution in [-0.2, 0) is 0 Å². The molecule has 1 aromatic heterocycles. The first-order chi connectivity index (χ1) is 8.08. The molecule has 0 aliphatic carbocycles. The maximum atomic E-state index is 10.2. The summed E-state index contributed by atoms with van der Waals surface area (Å²) in [5, 5.41) is 10.2. The molecule has 2 nitrogen and oxygen atoms in total. The number of aliphatic hydroxyl groups is 1. The van der Waals surface area contributed by atoms with Crippen molar-refractivity contribution in [2.24, 2.45) is 0 Å². The minimum Gasteiger partial charge on any atom is -0.384 e. The third-order valence-corrected chi connectivity index (χ3v) is 3.64. The van der Waals surface area contributed by atoms with E-state index < -0.39 is 6.10 Å². The fraction of sp³-hybridized carbons (Fsp3) is 0.214. The number of benzene rings is 1. The maximum absolute atomic E-state index is 10.2.